The molecule has 162 valence electrons. The monoisotopic (exact) mass is 420 g/mol. The zero-order valence-corrected chi connectivity index (χ0v) is 18.2. The van der Waals surface area contributed by atoms with E-state index in [1.807, 2.05) is 53.8 Å². The van der Waals surface area contributed by atoms with Gasteiger partial charge in [-0.2, -0.15) is 5.10 Å². The molecule has 1 aliphatic heterocycles. The van der Waals surface area contributed by atoms with Gasteiger partial charge in [0.25, 0.3) is 5.91 Å². The van der Waals surface area contributed by atoms with Crippen molar-refractivity contribution in [3.05, 3.63) is 88.5 Å². The van der Waals surface area contributed by atoms with Gasteiger partial charge in [0.05, 0.1) is 17.8 Å². The fourth-order valence-electron chi connectivity index (χ4n) is 4.25. The lowest BCUT2D eigenvalue weighted by Crippen LogP contribution is -2.35. The van der Waals surface area contributed by atoms with Crippen molar-refractivity contribution in [2.24, 2.45) is 0 Å². The highest BCUT2D eigenvalue weighted by molar-refractivity contribution is 5.96. The molecule has 0 atom stereocenters. The van der Waals surface area contributed by atoms with Crippen molar-refractivity contribution >= 4 is 5.91 Å². The Morgan fingerprint density at radius 1 is 0.903 bits per heavy atom. The summed E-state index contributed by atoms with van der Waals surface area (Å²) in [6.07, 6.45) is 0.920. The minimum atomic E-state index is -0.213. The van der Waals surface area contributed by atoms with Gasteiger partial charge < -0.3 is 4.90 Å². The van der Waals surface area contributed by atoms with Gasteiger partial charge in [-0.1, -0.05) is 42.5 Å². The van der Waals surface area contributed by atoms with Crippen molar-refractivity contribution in [1.29, 1.82) is 0 Å². The zero-order chi connectivity index (χ0) is 21.8. The molecule has 1 saturated heterocycles. The number of aromatic nitrogens is 2. The second-order valence-corrected chi connectivity index (χ2v) is 8.24. The van der Waals surface area contributed by atoms with Gasteiger partial charge in [0.15, 0.2) is 0 Å². The van der Waals surface area contributed by atoms with E-state index in [1.165, 1.54) is 17.7 Å². The van der Waals surface area contributed by atoms with E-state index in [0.717, 1.165) is 55.1 Å². The van der Waals surface area contributed by atoms with Gasteiger partial charge >= 0.3 is 0 Å². The van der Waals surface area contributed by atoms with Crippen molar-refractivity contribution in [3.8, 4) is 0 Å². The van der Waals surface area contributed by atoms with Crippen LogP contribution >= 0.6 is 0 Å². The lowest BCUT2D eigenvalue weighted by atomic mass is 10.1. The van der Waals surface area contributed by atoms with Crippen LogP contribution in [0.2, 0.25) is 0 Å². The van der Waals surface area contributed by atoms with E-state index in [1.54, 1.807) is 0 Å². The lowest BCUT2D eigenvalue weighted by molar-refractivity contribution is 0.0759. The maximum absolute atomic E-state index is 13.4. The van der Waals surface area contributed by atoms with Gasteiger partial charge in [0, 0.05) is 38.4 Å². The highest BCUT2D eigenvalue weighted by Crippen LogP contribution is 2.19. The maximum Gasteiger partial charge on any atom is 0.257 e. The third-order valence-electron chi connectivity index (χ3n) is 5.97. The quantitative estimate of drug-likeness (QED) is 0.626. The predicted molar refractivity (Wildman–Crippen MR) is 119 cm³/mol. The number of nitrogens with zero attached hydrogens (tertiary/aromatic N) is 4. The number of hydrogen-bond donors (Lipinski definition) is 0. The van der Waals surface area contributed by atoms with Crippen molar-refractivity contribution in [3.63, 3.8) is 0 Å². The van der Waals surface area contributed by atoms with Crippen LogP contribution in [0.4, 0.5) is 4.39 Å². The van der Waals surface area contributed by atoms with Crippen LogP contribution in [-0.2, 0) is 13.1 Å². The Labute approximate surface area is 183 Å². The summed E-state index contributed by atoms with van der Waals surface area (Å²) in [6.45, 7) is 8.48. The first kappa shape index (κ1) is 21.2. The Hall–Kier alpha value is -2.99. The largest absolute Gasteiger partial charge is 0.337 e. The first-order valence-electron chi connectivity index (χ1n) is 10.9. The van der Waals surface area contributed by atoms with Crippen LogP contribution in [0, 0.1) is 19.7 Å². The Morgan fingerprint density at radius 3 is 2.35 bits per heavy atom. The topological polar surface area (TPSA) is 41.4 Å². The number of carbonyl (C=O) groups excluding carboxylic acids is 1. The Morgan fingerprint density at radius 2 is 1.61 bits per heavy atom. The molecule has 0 N–H and O–H groups in total. The first-order valence-corrected chi connectivity index (χ1v) is 10.9. The molecule has 3 aromatic rings. The number of amides is 1. The van der Waals surface area contributed by atoms with E-state index in [-0.39, 0.29) is 11.7 Å². The van der Waals surface area contributed by atoms with E-state index in [9.17, 15) is 9.18 Å². The predicted octanol–water partition coefficient (Wildman–Crippen LogP) is 4.04. The molecule has 1 fully saturated rings. The van der Waals surface area contributed by atoms with Gasteiger partial charge in [-0.3, -0.25) is 14.4 Å². The van der Waals surface area contributed by atoms with Gasteiger partial charge in [0.1, 0.15) is 5.82 Å². The number of carbonyl (C=O) groups is 1. The fourth-order valence-corrected chi connectivity index (χ4v) is 4.25. The van der Waals surface area contributed by atoms with Crippen molar-refractivity contribution in [1.82, 2.24) is 19.6 Å². The zero-order valence-electron chi connectivity index (χ0n) is 18.2. The fraction of sp³-hybridized carbons (Fsp3) is 0.360. The maximum atomic E-state index is 13.4. The summed E-state index contributed by atoms with van der Waals surface area (Å²) in [5.74, 6) is -0.145. The summed E-state index contributed by atoms with van der Waals surface area (Å²) in [5, 5.41) is 4.65. The highest BCUT2D eigenvalue weighted by atomic mass is 19.1. The normalized spacial score (nSPS) is 15.1. The molecule has 2 aromatic carbocycles. The molecule has 1 amide bonds. The molecule has 0 aliphatic carbocycles. The molecule has 0 radical (unpaired) electrons. The number of hydrogen-bond acceptors (Lipinski definition) is 3. The average Bonchev–Trinajstić information content (AvgIpc) is 2.92. The van der Waals surface area contributed by atoms with Crippen molar-refractivity contribution in [2.75, 3.05) is 26.2 Å². The van der Waals surface area contributed by atoms with Crippen LogP contribution in [0.15, 0.2) is 54.6 Å². The molecule has 0 spiro atoms. The van der Waals surface area contributed by atoms with E-state index in [2.05, 4.69) is 22.1 Å². The molecule has 6 heteroatoms. The van der Waals surface area contributed by atoms with Crippen LogP contribution in [0.25, 0.3) is 0 Å². The number of benzene rings is 2. The van der Waals surface area contributed by atoms with Crippen LogP contribution < -0.4 is 0 Å². The van der Waals surface area contributed by atoms with E-state index >= 15 is 0 Å². The summed E-state index contributed by atoms with van der Waals surface area (Å²) in [6, 6.07) is 16.8. The van der Waals surface area contributed by atoms with Crippen LogP contribution in [0.1, 0.15) is 39.3 Å². The number of halogens is 1. The summed E-state index contributed by atoms with van der Waals surface area (Å²) in [4.78, 5) is 17.7. The summed E-state index contributed by atoms with van der Waals surface area (Å²) in [7, 11) is 0. The van der Waals surface area contributed by atoms with Gasteiger partial charge in [-0.25, -0.2) is 4.39 Å². The Bertz CT molecular complexity index is 1030. The third-order valence-corrected chi connectivity index (χ3v) is 5.97. The second kappa shape index (κ2) is 9.43. The molecular formula is C25H29FN4O. The summed E-state index contributed by atoms with van der Waals surface area (Å²) < 4.78 is 15.1. The third kappa shape index (κ3) is 5.02. The van der Waals surface area contributed by atoms with Crippen LogP contribution in [0.3, 0.4) is 0 Å². The van der Waals surface area contributed by atoms with Crippen molar-refractivity contribution < 1.29 is 9.18 Å². The van der Waals surface area contributed by atoms with Crippen LogP contribution in [-0.4, -0.2) is 51.7 Å². The number of rotatable bonds is 5. The molecule has 31 heavy (non-hydrogen) atoms. The standard InChI is InChI=1S/C25H29FN4O/c1-19-24(20(2)30(27-19)18-21-7-4-3-5-8-21)25(31)29-14-6-13-28(15-16-29)17-22-9-11-23(26)12-10-22/h3-5,7-12H,6,13-18H2,1-2H3. The number of aryl methyl sites for hydroxylation is 1. The van der Waals surface area contributed by atoms with Gasteiger partial charge in [0.2, 0.25) is 0 Å². The van der Waals surface area contributed by atoms with Crippen LogP contribution in [0.5, 0.6) is 0 Å². The minimum absolute atomic E-state index is 0.0675. The van der Waals surface area contributed by atoms with Crippen molar-refractivity contribution in [2.45, 2.75) is 33.4 Å². The molecule has 4 rings (SSSR count). The molecular weight excluding hydrogens is 391 g/mol. The van der Waals surface area contributed by atoms with Gasteiger partial charge in [-0.05, 0) is 43.5 Å². The summed E-state index contributed by atoms with van der Waals surface area (Å²) >= 11 is 0. The molecule has 1 aromatic heterocycles. The SMILES string of the molecule is Cc1nn(Cc2ccccc2)c(C)c1C(=O)N1CCCN(Cc2ccc(F)cc2)CC1. The minimum Gasteiger partial charge on any atom is -0.337 e. The molecule has 2 heterocycles. The molecule has 0 bridgehead atoms. The summed E-state index contributed by atoms with van der Waals surface area (Å²) in [5.41, 5.74) is 4.68. The Kier molecular flexibility index (Phi) is 6.47. The molecule has 0 unspecified atom stereocenters. The average molecular weight is 421 g/mol. The lowest BCUT2D eigenvalue weighted by Gasteiger charge is -2.22. The Balaban J connectivity index is 1.43. The molecule has 1 aliphatic rings. The van der Waals surface area contributed by atoms with Gasteiger partial charge in [-0.15, -0.1) is 0 Å². The molecule has 0 saturated carbocycles. The highest BCUT2D eigenvalue weighted by Gasteiger charge is 2.25. The van der Waals surface area contributed by atoms with E-state index in [4.69, 9.17) is 0 Å². The molecule has 5 nitrogen and oxygen atoms in total. The van der Waals surface area contributed by atoms with E-state index < -0.39 is 0 Å². The first-order chi connectivity index (χ1) is 15.0. The smallest absolute Gasteiger partial charge is 0.257 e. The van der Waals surface area contributed by atoms with E-state index in [0.29, 0.717) is 13.1 Å². The second-order valence-electron chi connectivity index (χ2n) is 8.24.